The Morgan fingerprint density at radius 2 is 2.00 bits per heavy atom. The zero-order valence-electron chi connectivity index (χ0n) is 10.9. The summed E-state index contributed by atoms with van der Waals surface area (Å²) in [5.74, 6) is 0. The summed E-state index contributed by atoms with van der Waals surface area (Å²) in [7, 11) is 0. The van der Waals surface area contributed by atoms with E-state index in [1.807, 2.05) is 53.1 Å². The molecule has 0 radical (unpaired) electrons. The Labute approximate surface area is 126 Å². The summed E-state index contributed by atoms with van der Waals surface area (Å²) in [5.41, 5.74) is 3.14. The molecule has 2 aromatic carbocycles. The number of benzene rings is 2. The maximum absolute atomic E-state index is 10.3. The molecule has 1 unspecified atom stereocenters. The van der Waals surface area contributed by atoms with Gasteiger partial charge in [0.15, 0.2) is 0 Å². The summed E-state index contributed by atoms with van der Waals surface area (Å²) < 4.78 is 3.04. The third-order valence-electron chi connectivity index (χ3n) is 3.30. The average Bonchev–Trinajstić information content (AvgIpc) is 2.82. The Hall–Kier alpha value is -1.65. The molecule has 1 heterocycles. The predicted molar refractivity (Wildman–Crippen MR) is 83.6 cm³/mol. The Morgan fingerprint density at radius 1 is 1.15 bits per heavy atom. The summed E-state index contributed by atoms with van der Waals surface area (Å²) in [6.07, 6.45) is 1.99. The fraction of sp³-hybridized carbons (Fsp3) is 0.188. The van der Waals surface area contributed by atoms with E-state index in [9.17, 15) is 5.11 Å². The van der Waals surface area contributed by atoms with Gasteiger partial charge < -0.3 is 9.67 Å². The maximum atomic E-state index is 10.3. The van der Waals surface area contributed by atoms with Crippen molar-refractivity contribution in [3.05, 3.63) is 64.9 Å². The van der Waals surface area contributed by atoms with E-state index in [1.54, 1.807) is 6.33 Å². The number of hydrogen-bond donors (Lipinski definition) is 1. The van der Waals surface area contributed by atoms with Crippen molar-refractivity contribution in [3.63, 3.8) is 0 Å². The second kappa shape index (κ2) is 5.77. The second-order valence-electron chi connectivity index (χ2n) is 4.87. The molecule has 20 heavy (non-hydrogen) atoms. The lowest BCUT2D eigenvalue weighted by Gasteiger charge is -2.12. The minimum Gasteiger partial charge on any atom is -0.391 e. The van der Waals surface area contributed by atoms with Crippen LogP contribution in [0.4, 0.5) is 0 Å². The number of aromatic nitrogens is 2. The van der Waals surface area contributed by atoms with Crippen LogP contribution < -0.4 is 0 Å². The van der Waals surface area contributed by atoms with Crippen LogP contribution in [-0.4, -0.2) is 20.8 Å². The molecule has 0 fully saturated rings. The van der Waals surface area contributed by atoms with E-state index >= 15 is 0 Å². The van der Waals surface area contributed by atoms with Crippen LogP contribution in [0.15, 0.2) is 59.3 Å². The van der Waals surface area contributed by atoms with Crippen molar-refractivity contribution in [2.45, 2.75) is 19.1 Å². The van der Waals surface area contributed by atoms with Crippen molar-refractivity contribution in [3.8, 4) is 0 Å². The lowest BCUT2D eigenvalue weighted by molar-refractivity contribution is 0.155. The molecule has 1 atom stereocenters. The number of imidazole rings is 1. The van der Waals surface area contributed by atoms with Gasteiger partial charge in [-0.25, -0.2) is 4.98 Å². The van der Waals surface area contributed by atoms with Crippen LogP contribution in [0.2, 0.25) is 0 Å². The van der Waals surface area contributed by atoms with Crippen molar-refractivity contribution in [2.75, 3.05) is 0 Å². The van der Waals surface area contributed by atoms with Gasteiger partial charge in [0.1, 0.15) is 0 Å². The van der Waals surface area contributed by atoms with E-state index in [-0.39, 0.29) is 0 Å². The standard InChI is InChI=1S/C16H15BrN2O/c17-13-5-3-4-12(8-13)9-14(20)10-19-11-18-15-6-1-2-7-16(15)19/h1-8,11,14,20H,9-10H2. The third-order valence-corrected chi connectivity index (χ3v) is 3.79. The number of para-hydroxylation sites is 2. The van der Waals surface area contributed by atoms with E-state index in [0.717, 1.165) is 21.1 Å². The van der Waals surface area contributed by atoms with Crippen LogP contribution in [0.25, 0.3) is 11.0 Å². The highest BCUT2D eigenvalue weighted by atomic mass is 79.9. The summed E-state index contributed by atoms with van der Waals surface area (Å²) in [6.45, 7) is 0.549. The Bertz CT molecular complexity index is 723. The highest BCUT2D eigenvalue weighted by Crippen LogP contribution is 2.16. The molecule has 0 aliphatic heterocycles. The molecule has 3 nitrogen and oxygen atoms in total. The van der Waals surface area contributed by atoms with E-state index < -0.39 is 6.10 Å². The first kappa shape index (κ1) is 13.3. The lowest BCUT2D eigenvalue weighted by Crippen LogP contribution is -2.18. The molecule has 0 saturated heterocycles. The van der Waals surface area contributed by atoms with Gasteiger partial charge in [-0.2, -0.15) is 0 Å². The number of rotatable bonds is 4. The van der Waals surface area contributed by atoms with Gasteiger partial charge in [-0.1, -0.05) is 40.2 Å². The quantitative estimate of drug-likeness (QED) is 0.796. The van der Waals surface area contributed by atoms with Gasteiger partial charge >= 0.3 is 0 Å². The van der Waals surface area contributed by atoms with E-state index in [2.05, 4.69) is 20.9 Å². The zero-order chi connectivity index (χ0) is 13.9. The highest BCUT2D eigenvalue weighted by molar-refractivity contribution is 9.10. The van der Waals surface area contributed by atoms with Gasteiger partial charge in [-0.05, 0) is 29.8 Å². The van der Waals surface area contributed by atoms with Crippen LogP contribution in [0.3, 0.4) is 0 Å². The lowest BCUT2D eigenvalue weighted by atomic mass is 10.1. The molecule has 4 heteroatoms. The monoisotopic (exact) mass is 330 g/mol. The molecular weight excluding hydrogens is 316 g/mol. The van der Waals surface area contributed by atoms with Crippen molar-refractivity contribution < 1.29 is 5.11 Å². The largest absolute Gasteiger partial charge is 0.391 e. The van der Waals surface area contributed by atoms with Gasteiger partial charge in [0.2, 0.25) is 0 Å². The Balaban J connectivity index is 1.74. The number of hydrogen-bond acceptors (Lipinski definition) is 2. The zero-order valence-corrected chi connectivity index (χ0v) is 12.5. The van der Waals surface area contributed by atoms with Crippen molar-refractivity contribution in [1.82, 2.24) is 9.55 Å². The number of nitrogens with zero attached hydrogens (tertiary/aromatic N) is 2. The van der Waals surface area contributed by atoms with Crippen molar-refractivity contribution in [2.24, 2.45) is 0 Å². The van der Waals surface area contributed by atoms with Gasteiger partial charge in [0, 0.05) is 10.9 Å². The topological polar surface area (TPSA) is 38.0 Å². The fourth-order valence-electron chi connectivity index (χ4n) is 2.38. The average molecular weight is 331 g/mol. The SMILES string of the molecule is OC(Cc1cccc(Br)c1)Cn1cnc2ccccc21. The first-order chi connectivity index (χ1) is 9.72. The highest BCUT2D eigenvalue weighted by Gasteiger charge is 2.09. The smallest absolute Gasteiger partial charge is 0.0959 e. The Morgan fingerprint density at radius 3 is 2.85 bits per heavy atom. The van der Waals surface area contributed by atoms with Crippen LogP contribution >= 0.6 is 15.9 Å². The number of aliphatic hydroxyl groups excluding tert-OH is 1. The molecule has 0 spiro atoms. The fourth-order valence-corrected chi connectivity index (χ4v) is 2.83. The van der Waals surface area contributed by atoms with Crippen LogP contribution in [0.5, 0.6) is 0 Å². The van der Waals surface area contributed by atoms with Gasteiger partial charge in [0.05, 0.1) is 30.0 Å². The molecule has 1 N–H and O–H groups in total. The minimum absolute atomic E-state index is 0.429. The predicted octanol–water partition coefficient (Wildman–Crippen LogP) is 3.40. The summed E-state index contributed by atoms with van der Waals surface area (Å²) in [4.78, 5) is 4.34. The summed E-state index contributed by atoms with van der Waals surface area (Å²) in [5, 5.41) is 10.3. The molecule has 0 saturated carbocycles. The summed E-state index contributed by atoms with van der Waals surface area (Å²) >= 11 is 3.45. The van der Waals surface area contributed by atoms with Crippen molar-refractivity contribution in [1.29, 1.82) is 0 Å². The first-order valence-electron chi connectivity index (χ1n) is 6.55. The normalized spacial score (nSPS) is 12.7. The first-order valence-corrected chi connectivity index (χ1v) is 7.34. The summed E-state index contributed by atoms with van der Waals surface area (Å²) in [6, 6.07) is 16.0. The molecular formula is C16H15BrN2O. The molecule has 0 aliphatic carbocycles. The molecule has 1 aromatic heterocycles. The van der Waals surface area contributed by atoms with Crippen molar-refractivity contribution >= 4 is 27.0 Å². The van der Waals surface area contributed by atoms with E-state index in [1.165, 1.54) is 0 Å². The molecule has 0 amide bonds. The van der Waals surface area contributed by atoms with E-state index in [0.29, 0.717) is 13.0 Å². The van der Waals surface area contributed by atoms with Gasteiger partial charge in [-0.15, -0.1) is 0 Å². The third kappa shape index (κ3) is 2.92. The van der Waals surface area contributed by atoms with Gasteiger partial charge in [0.25, 0.3) is 0 Å². The maximum Gasteiger partial charge on any atom is 0.0959 e. The molecule has 3 aromatic rings. The minimum atomic E-state index is -0.429. The Kier molecular flexibility index (Phi) is 3.85. The van der Waals surface area contributed by atoms with Crippen LogP contribution in [0, 0.1) is 0 Å². The van der Waals surface area contributed by atoms with Crippen LogP contribution in [0.1, 0.15) is 5.56 Å². The molecule has 102 valence electrons. The molecule has 3 rings (SSSR count). The number of halogens is 1. The molecule has 0 bridgehead atoms. The van der Waals surface area contributed by atoms with E-state index in [4.69, 9.17) is 0 Å². The number of fused-ring (bicyclic) bond motifs is 1. The number of aliphatic hydroxyl groups is 1. The van der Waals surface area contributed by atoms with Crippen LogP contribution in [-0.2, 0) is 13.0 Å². The molecule has 0 aliphatic rings. The van der Waals surface area contributed by atoms with Gasteiger partial charge in [-0.3, -0.25) is 0 Å². The second-order valence-corrected chi connectivity index (χ2v) is 5.79.